The van der Waals surface area contributed by atoms with E-state index in [9.17, 15) is 9.90 Å². The predicted octanol–water partition coefficient (Wildman–Crippen LogP) is 3.29. The fraction of sp³-hybridized carbons (Fsp3) is 0.933. The molecule has 0 aromatic carbocycles. The molecule has 1 aliphatic heterocycles. The summed E-state index contributed by atoms with van der Waals surface area (Å²) in [6.07, 6.45) is 10.6. The third-order valence-electron chi connectivity index (χ3n) is 4.91. The van der Waals surface area contributed by atoms with Crippen LogP contribution in [0.1, 0.15) is 64.7 Å². The maximum absolute atomic E-state index is 11.6. The van der Waals surface area contributed by atoms with Crippen molar-refractivity contribution in [2.24, 2.45) is 5.41 Å². The third kappa shape index (κ3) is 2.87. The number of hydrogen-bond acceptors (Lipinski definition) is 2. The molecule has 2 rings (SSSR count). The van der Waals surface area contributed by atoms with Crippen molar-refractivity contribution in [3.63, 3.8) is 0 Å². The van der Waals surface area contributed by atoms with Crippen LogP contribution in [-0.4, -0.2) is 35.1 Å². The molecule has 3 nitrogen and oxygen atoms in total. The van der Waals surface area contributed by atoms with Crippen LogP contribution in [0.4, 0.5) is 0 Å². The largest absolute Gasteiger partial charge is 0.481 e. The molecule has 0 bridgehead atoms. The predicted molar refractivity (Wildman–Crippen MR) is 72.7 cm³/mol. The average Bonchev–Trinajstić information content (AvgIpc) is 2.61. The number of likely N-dealkylation sites (tertiary alicyclic amines) is 1. The Morgan fingerprint density at radius 1 is 1.28 bits per heavy atom. The lowest BCUT2D eigenvalue weighted by Gasteiger charge is -2.29. The minimum absolute atomic E-state index is 0.443. The third-order valence-corrected chi connectivity index (χ3v) is 4.91. The van der Waals surface area contributed by atoms with Crippen LogP contribution in [0, 0.1) is 5.41 Å². The Morgan fingerprint density at radius 3 is 2.50 bits per heavy atom. The molecular formula is C15H27NO2. The summed E-state index contributed by atoms with van der Waals surface area (Å²) in [7, 11) is 0. The lowest BCUT2D eigenvalue weighted by Crippen LogP contribution is -2.38. The highest BCUT2D eigenvalue weighted by Crippen LogP contribution is 2.38. The van der Waals surface area contributed by atoms with Crippen molar-refractivity contribution in [3.8, 4) is 0 Å². The number of hydrogen-bond donors (Lipinski definition) is 1. The van der Waals surface area contributed by atoms with Crippen molar-refractivity contribution >= 4 is 5.97 Å². The first-order valence-electron chi connectivity index (χ1n) is 7.65. The highest BCUT2D eigenvalue weighted by atomic mass is 16.4. The molecule has 0 aromatic heterocycles. The zero-order valence-corrected chi connectivity index (χ0v) is 11.7. The van der Waals surface area contributed by atoms with Crippen molar-refractivity contribution in [2.45, 2.75) is 70.8 Å². The molecule has 18 heavy (non-hydrogen) atoms. The second kappa shape index (κ2) is 6.05. The summed E-state index contributed by atoms with van der Waals surface area (Å²) in [5.74, 6) is -0.569. The number of carboxylic acid groups (broad SMARTS) is 1. The molecule has 1 unspecified atom stereocenters. The van der Waals surface area contributed by atoms with Gasteiger partial charge in [0, 0.05) is 12.6 Å². The van der Waals surface area contributed by atoms with Gasteiger partial charge >= 0.3 is 5.97 Å². The Morgan fingerprint density at radius 2 is 1.94 bits per heavy atom. The number of nitrogens with zero attached hydrogens (tertiary/aromatic N) is 1. The van der Waals surface area contributed by atoms with Gasteiger partial charge in [-0.1, -0.05) is 39.0 Å². The summed E-state index contributed by atoms with van der Waals surface area (Å²) in [5, 5.41) is 9.54. The molecule has 1 heterocycles. The molecular weight excluding hydrogens is 226 g/mol. The zero-order chi connectivity index (χ0) is 13.0. The Balaban J connectivity index is 1.98. The van der Waals surface area contributed by atoms with Crippen LogP contribution < -0.4 is 0 Å². The van der Waals surface area contributed by atoms with Gasteiger partial charge in [-0.2, -0.15) is 0 Å². The molecule has 0 spiro atoms. The summed E-state index contributed by atoms with van der Waals surface area (Å²) in [4.78, 5) is 14.1. The molecule has 1 aliphatic carbocycles. The SMILES string of the molecule is CCCC1(C(=O)O)CCN(C2CCCCCC2)C1. The van der Waals surface area contributed by atoms with Gasteiger partial charge in [-0.15, -0.1) is 0 Å². The average molecular weight is 253 g/mol. The summed E-state index contributed by atoms with van der Waals surface area (Å²) >= 11 is 0. The Kier molecular flexibility index (Phi) is 4.66. The highest BCUT2D eigenvalue weighted by molar-refractivity contribution is 5.75. The van der Waals surface area contributed by atoms with Gasteiger partial charge in [-0.3, -0.25) is 9.69 Å². The van der Waals surface area contributed by atoms with E-state index >= 15 is 0 Å². The highest BCUT2D eigenvalue weighted by Gasteiger charge is 2.45. The first-order valence-corrected chi connectivity index (χ1v) is 7.65. The first kappa shape index (κ1) is 13.9. The fourth-order valence-corrected chi connectivity index (χ4v) is 3.80. The monoisotopic (exact) mass is 253 g/mol. The fourth-order valence-electron chi connectivity index (χ4n) is 3.80. The van der Waals surface area contributed by atoms with Gasteiger partial charge in [0.2, 0.25) is 0 Å². The van der Waals surface area contributed by atoms with Gasteiger partial charge < -0.3 is 5.11 Å². The number of carboxylic acids is 1. The van der Waals surface area contributed by atoms with Gasteiger partial charge in [-0.05, 0) is 32.2 Å². The van der Waals surface area contributed by atoms with Crippen LogP contribution in [0.2, 0.25) is 0 Å². The summed E-state index contributed by atoms with van der Waals surface area (Å²) in [5.41, 5.74) is -0.443. The Labute approximate surface area is 111 Å². The summed E-state index contributed by atoms with van der Waals surface area (Å²) < 4.78 is 0. The van der Waals surface area contributed by atoms with E-state index in [2.05, 4.69) is 11.8 Å². The molecule has 0 amide bonds. The molecule has 104 valence electrons. The molecule has 1 atom stereocenters. The van der Waals surface area contributed by atoms with E-state index in [1.807, 2.05) is 0 Å². The van der Waals surface area contributed by atoms with Crippen LogP contribution in [0.25, 0.3) is 0 Å². The van der Waals surface area contributed by atoms with Crippen LogP contribution in [0.5, 0.6) is 0 Å². The van der Waals surface area contributed by atoms with E-state index in [-0.39, 0.29) is 0 Å². The minimum Gasteiger partial charge on any atom is -0.481 e. The molecule has 1 saturated carbocycles. The van der Waals surface area contributed by atoms with Gasteiger partial charge in [0.15, 0.2) is 0 Å². The number of carbonyl (C=O) groups is 1. The van der Waals surface area contributed by atoms with Crippen molar-refractivity contribution in [2.75, 3.05) is 13.1 Å². The van der Waals surface area contributed by atoms with Gasteiger partial charge in [-0.25, -0.2) is 0 Å². The van der Waals surface area contributed by atoms with Crippen molar-refractivity contribution < 1.29 is 9.90 Å². The Hall–Kier alpha value is -0.570. The number of aliphatic carboxylic acids is 1. The van der Waals surface area contributed by atoms with E-state index in [4.69, 9.17) is 0 Å². The van der Waals surface area contributed by atoms with E-state index in [1.165, 1.54) is 38.5 Å². The van der Waals surface area contributed by atoms with Crippen LogP contribution >= 0.6 is 0 Å². The van der Waals surface area contributed by atoms with Crippen molar-refractivity contribution in [3.05, 3.63) is 0 Å². The molecule has 2 fully saturated rings. The number of rotatable bonds is 4. The maximum Gasteiger partial charge on any atom is 0.310 e. The molecule has 2 aliphatic rings. The first-order chi connectivity index (χ1) is 8.68. The van der Waals surface area contributed by atoms with E-state index < -0.39 is 11.4 Å². The molecule has 1 N–H and O–H groups in total. The molecule has 3 heteroatoms. The standard InChI is InChI=1S/C15H27NO2/c1-2-9-15(14(17)18)10-11-16(12-15)13-7-5-3-4-6-8-13/h13H,2-12H2,1H3,(H,17,18). The topological polar surface area (TPSA) is 40.5 Å². The molecule has 0 radical (unpaired) electrons. The second-order valence-electron chi connectivity index (χ2n) is 6.20. The maximum atomic E-state index is 11.6. The van der Waals surface area contributed by atoms with E-state index in [0.717, 1.165) is 32.4 Å². The van der Waals surface area contributed by atoms with Gasteiger partial charge in [0.1, 0.15) is 0 Å². The summed E-state index contributed by atoms with van der Waals surface area (Å²) in [6.45, 7) is 3.89. The van der Waals surface area contributed by atoms with Crippen molar-refractivity contribution in [1.29, 1.82) is 0 Å². The smallest absolute Gasteiger partial charge is 0.310 e. The van der Waals surface area contributed by atoms with Crippen LogP contribution in [0.15, 0.2) is 0 Å². The molecule has 0 aromatic rings. The minimum atomic E-state index is -0.569. The lowest BCUT2D eigenvalue weighted by molar-refractivity contribution is -0.148. The lowest BCUT2D eigenvalue weighted by atomic mass is 9.82. The molecule has 1 saturated heterocycles. The normalized spacial score (nSPS) is 31.4. The summed E-state index contributed by atoms with van der Waals surface area (Å²) in [6, 6.07) is 0.658. The zero-order valence-electron chi connectivity index (χ0n) is 11.7. The van der Waals surface area contributed by atoms with Crippen molar-refractivity contribution in [1.82, 2.24) is 4.90 Å². The van der Waals surface area contributed by atoms with Crippen LogP contribution in [-0.2, 0) is 4.79 Å². The van der Waals surface area contributed by atoms with E-state index in [0.29, 0.717) is 6.04 Å². The van der Waals surface area contributed by atoms with E-state index in [1.54, 1.807) is 0 Å². The van der Waals surface area contributed by atoms with Crippen LogP contribution in [0.3, 0.4) is 0 Å². The second-order valence-corrected chi connectivity index (χ2v) is 6.20. The quantitative estimate of drug-likeness (QED) is 0.782. The Bertz CT molecular complexity index is 284. The van der Waals surface area contributed by atoms with Gasteiger partial charge in [0.25, 0.3) is 0 Å². The van der Waals surface area contributed by atoms with Gasteiger partial charge in [0.05, 0.1) is 5.41 Å².